The van der Waals surface area contributed by atoms with E-state index in [1.54, 1.807) is 0 Å². The molecule has 18 heavy (non-hydrogen) atoms. The summed E-state index contributed by atoms with van der Waals surface area (Å²) in [4.78, 5) is 0. The van der Waals surface area contributed by atoms with Crippen LogP contribution in [0.15, 0.2) is 10.5 Å². The number of benzene rings is 1. The van der Waals surface area contributed by atoms with Crippen molar-refractivity contribution in [2.45, 2.75) is 27.7 Å². The Hall–Kier alpha value is -1.29. The van der Waals surface area contributed by atoms with E-state index in [0.717, 1.165) is 10.2 Å². The molecule has 0 amide bonds. The molecule has 0 atom stereocenters. The van der Waals surface area contributed by atoms with Gasteiger partial charge >= 0.3 is 0 Å². The lowest BCUT2D eigenvalue weighted by atomic mass is 9.92. The van der Waals surface area contributed by atoms with Gasteiger partial charge in [-0.25, -0.2) is 0 Å². The predicted octanol–water partition coefficient (Wildman–Crippen LogP) is 3.67. The van der Waals surface area contributed by atoms with Gasteiger partial charge in [-0.2, -0.15) is 5.10 Å². The van der Waals surface area contributed by atoms with Gasteiger partial charge in [-0.3, -0.25) is 4.68 Å². The molecule has 0 radical (unpaired) electrons. The number of halogens is 1. The molecule has 1 aromatic heterocycles. The van der Waals surface area contributed by atoms with E-state index in [9.17, 15) is 0 Å². The van der Waals surface area contributed by atoms with E-state index in [4.69, 9.17) is 5.73 Å². The van der Waals surface area contributed by atoms with Crippen LogP contribution in [0.1, 0.15) is 22.3 Å². The van der Waals surface area contributed by atoms with Gasteiger partial charge in [0.25, 0.3) is 0 Å². The number of hydrogen-bond acceptors (Lipinski definition) is 2. The van der Waals surface area contributed by atoms with Gasteiger partial charge in [0.1, 0.15) is 0 Å². The highest BCUT2D eigenvalue weighted by Crippen LogP contribution is 2.37. The molecule has 0 fully saturated rings. The van der Waals surface area contributed by atoms with Crippen molar-refractivity contribution in [1.82, 2.24) is 9.78 Å². The fraction of sp³-hybridized carbons (Fsp3) is 0.357. The Morgan fingerprint density at radius 2 is 1.61 bits per heavy atom. The molecular weight excluding hydrogens is 290 g/mol. The lowest BCUT2D eigenvalue weighted by Gasteiger charge is -2.16. The molecule has 3 nitrogen and oxygen atoms in total. The molecular formula is C14H18BrN3. The molecule has 2 aromatic rings. The maximum absolute atomic E-state index is 5.88. The molecule has 0 saturated carbocycles. The Labute approximate surface area is 116 Å². The summed E-state index contributed by atoms with van der Waals surface area (Å²) in [6, 6.07) is 2.22. The Bertz CT molecular complexity index is 600. The van der Waals surface area contributed by atoms with Crippen LogP contribution in [0.4, 0.5) is 5.82 Å². The van der Waals surface area contributed by atoms with Crippen LogP contribution in [-0.2, 0) is 7.05 Å². The molecule has 4 heteroatoms. The van der Waals surface area contributed by atoms with Crippen molar-refractivity contribution in [2.24, 2.45) is 7.05 Å². The highest BCUT2D eigenvalue weighted by atomic mass is 79.9. The zero-order valence-electron chi connectivity index (χ0n) is 11.4. The van der Waals surface area contributed by atoms with E-state index in [2.05, 4.69) is 54.8 Å². The monoisotopic (exact) mass is 307 g/mol. The van der Waals surface area contributed by atoms with Crippen LogP contribution >= 0.6 is 15.9 Å². The largest absolute Gasteiger partial charge is 0.381 e. The number of nitrogen functional groups attached to an aromatic ring is 1. The lowest BCUT2D eigenvalue weighted by Crippen LogP contribution is -2.01. The topological polar surface area (TPSA) is 43.8 Å². The smallest absolute Gasteiger partial charge is 0.160 e. The third-order valence-electron chi connectivity index (χ3n) is 3.62. The standard InChI is InChI=1S/C14H18BrN3/c1-7-6-8(2)10(4)11(9(7)3)13-12(15)14(16)17-18(13)5/h6H,1-5H3,(H2,16,17). The molecule has 2 rings (SSSR count). The minimum Gasteiger partial charge on any atom is -0.381 e. The van der Waals surface area contributed by atoms with Gasteiger partial charge < -0.3 is 5.73 Å². The fourth-order valence-electron chi connectivity index (χ4n) is 2.36. The first-order valence-corrected chi connectivity index (χ1v) is 6.69. The third-order valence-corrected chi connectivity index (χ3v) is 4.40. The van der Waals surface area contributed by atoms with E-state index in [1.807, 2.05) is 11.7 Å². The maximum atomic E-state index is 5.88. The molecule has 0 spiro atoms. The molecule has 0 unspecified atom stereocenters. The molecule has 0 bridgehead atoms. The number of anilines is 1. The van der Waals surface area contributed by atoms with Crippen LogP contribution < -0.4 is 5.73 Å². The van der Waals surface area contributed by atoms with Gasteiger partial charge in [0.2, 0.25) is 0 Å². The lowest BCUT2D eigenvalue weighted by molar-refractivity contribution is 0.778. The molecule has 2 N–H and O–H groups in total. The van der Waals surface area contributed by atoms with Crippen LogP contribution in [-0.4, -0.2) is 9.78 Å². The summed E-state index contributed by atoms with van der Waals surface area (Å²) in [5.41, 5.74) is 13.3. The molecule has 1 heterocycles. The van der Waals surface area contributed by atoms with Crippen LogP contribution in [0, 0.1) is 27.7 Å². The van der Waals surface area contributed by atoms with E-state index in [1.165, 1.54) is 27.8 Å². The number of aromatic nitrogens is 2. The summed E-state index contributed by atoms with van der Waals surface area (Å²) >= 11 is 3.55. The van der Waals surface area contributed by atoms with E-state index in [-0.39, 0.29) is 0 Å². The second-order valence-electron chi connectivity index (χ2n) is 4.81. The van der Waals surface area contributed by atoms with Gasteiger partial charge in [-0.1, -0.05) is 6.07 Å². The van der Waals surface area contributed by atoms with Crippen molar-refractivity contribution in [1.29, 1.82) is 0 Å². The number of aryl methyl sites for hydroxylation is 3. The van der Waals surface area contributed by atoms with Crippen molar-refractivity contribution < 1.29 is 0 Å². The molecule has 0 aliphatic carbocycles. The summed E-state index contributed by atoms with van der Waals surface area (Å²) in [6.45, 7) is 8.57. The SMILES string of the molecule is Cc1cc(C)c(C)c(-c2c(Br)c(N)nn2C)c1C. The highest BCUT2D eigenvalue weighted by Gasteiger charge is 2.19. The van der Waals surface area contributed by atoms with Crippen molar-refractivity contribution in [3.8, 4) is 11.3 Å². The van der Waals surface area contributed by atoms with Crippen LogP contribution in [0.25, 0.3) is 11.3 Å². The quantitative estimate of drug-likeness (QED) is 0.873. The minimum atomic E-state index is 0.533. The van der Waals surface area contributed by atoms with Gasteiger partial charge in [0.05, 0.1) is 10.2 Å². The van der Waals surface area contributed by atoms with Crippen LogP contribution in [0.3, 0.4) is 0 Å². The molecule has 0 aliphatic heterocycles. The van der Waals surface area contributed by atoms with Crippen LogP contribution in [0.5, 0.6) is 0 Å². The molecule has 0 saturated heterocycles. The number of nitrogens with two attached hydrogens (primary N) is 1. The predicted molar refractivity (Wildman–Crippen MR) is 79.7 cm³/mol. The molecule has 1 aromatic carbocycles. The summed E-state index contributed by atoms with van der Waals surface area (Å²) < 4.78 is 2.72. The van der Waals surface area contributed by atoms with Gasteiger partial charge in [-0.05, 0) is 65.9 Å². The van der Waals surface area contributed by atoms with E-state index >= 15 is 0 Å². The van der Waals surface area contributed by atoms with Crippen molar-refractivity contribution in [3.63, 3.8) is 0 Å². The zero-order chi connectivity index (χ0) is 13.6. The van der Waals surface area contributed by atoms with Crippen LogP contribution in [0.2, 0.25) is 0 Å². The van der Waals surface area contributed by atoms with Gasteiger partial charge in [-0.15, -0.1) is 0 Å². The highest BCUT2D eigenvalue weighted by molar-refractivity contribution is 9.10. The Morgan fingerprint density at radius 1 is 1.11 bits per heavy atom. The average molecular weight is 308 g/mol. The maximum Gasteiger partial charge on any atom is 0.160 e. The second kappa shape index (κ2) is 4.43. The summed E-state index contributed by atoms with van der Waals surface area (Å²) in [5.74, 6) is 0.533. The third kappa shape index (κ3) is 1.85. The Kier molecular flexibility index (Phi) is 3.23. The Balaban J connectivity index is 2.87. The summed E-state index contributed by atoms with van der Waals surface area (Å²) in [7, 11) is 1.92. The van der Waals surface area contributed by atoms with E-state index in [0.29, 0.717) is 5.82 Å². The zero-order valence-corrected chi connectivity index (χ0v) is 13.0. The fourth-order valence-corrected chi connectivity index (χ4v) is 2.90. The van der Waals surface area contributed by atoms with Gasteiger partial charge in [0.15, 0.2) is 5.82 Å². The first-order chi connectivity index (χ1) is 8.34. The Morgan fingerprint density at radius 3 is 2.00 bits per heavy atom. The van der Waals surface area contributed by atoms with Crippen molar-refractivity contribution in [3.05, 3.63) is 32.8 Å². The minimum absolute atomic E-state index is 0.533. The van der Waals surface area contributed by atoms with Gasteiger partial charge in [0, 0.05) is 12.6 Å². The molecule has 96 valence electrons. The van der Waals surface area contributed by atoms with Crippen molar-refractivity contribution >= 4 is 21.7 Å². The van der Waals surface area contributed by atoms with E-state index < -0.39 is 0 Å². The normalized spacial score (nSPS) is 11.0. The van der Waals surface area contributed by atoms with Crippen molar-refractivity contribution in [2.75, 3.05) is 5.73 Å². The first kappa shape index (κ1) is 13.1. The average Bonchev–Trinajstić information content (AvgIpc) is 2.53. The number of nitrogens with zero attached hydrogens (tertiary/aromatic N) is 2. The summed E-state index contributed by atoms with van der Waals surface area (Å²) in [5, 5.41) is 4.28. The summed E-state index contributed by atoms with van der Waals surface area (Å²) in [6.07, 6.45) is 0. The number of rotatable bonds is 1. The first-order valence-electron chi connectivity index (χ1n) is 5.90. The second-order valence-corrected chi connectivity index (χ2v) is 5.60. The number of hydrogen-bond donors (Lipinski definition) is 1. The molecule has 0 aliphatic rings.